The second kappa shape index (κ2) is 8.97. The number of carbonyl (C=O) groups is 1. The van der Waals surface area contributed by atoms with Gasteiger partial charge in [-0.1, -0.05) is 31.2 Å². The first-order chi connectivity index (χ1) is 15.8. The van der Waals surface area contributed by atoms with E-state index in [1.807, 2.05) is 0 Å². The van der Waals surface area contributed by atoms with Gasteiger partial charge < -0.3 is 15.0 Å². The van der Waals surface area contributed by atoms with E-state index in [1.165, 1.54) is 19.2 Å². The topological polar surface area (TPSA) is 67.4 Å². The molecule has 1 unspecified atom stereocenters. The Kier molecular flexibility index (Phi) is 6.09. The van der Waals surface area contributed by atoms with E-state index < -0.39 is 11.8 Å². The number of fused-ring (bicyclic) bond motifs is 1. The number of methoxy groups -OCH3 is 1. The van der Waals surface area contributed by atoms with Crippen molar-refractivity contribution in [2.45, 2.75) is 19.8 Å². The van der Waals surface area contributed by atoms with Crippen molar-refractivity contribution in [1.82, 2.24) is 9.97 Å². The summed E-state index contributed by atoms with van der Waals surface area (Å²) in [5, 5.41) is 3.05. The van der Waals surface area contributed by atoms with Crippen LogP contribution in [0.3, 0.4) is 0 Å². The fourth-order valence-electron chi connectivity index (χ4n) is 3.75. The van der Waals surface area contributed by atoms with Crippen molar-refractivity contribution < 1.29 is 19.7 Å². The quantitative estimate of drug-likeness (QED) is 0.359. The van der Waals surface area contributed by atoms with Gasteiger partial charge in [0, 0.05) is 43.1 Å². The first-order valence-corrected chi connectivity index (χ1v) is 10.5. The third-order valence-electron chi connectivity index (χ3n) is 5.55. The number of allylic oxidation sites excluding steroid dienone is 2. The average Bonchev–Trinajstić information content (AvgIpc) is 2.82. The predicted octanol–water partition coefficient (Wildman–Crippen LogP) is 6.11. The molecule has 1 N–H and O–H groups in total. The first-order valence-electron chi connectivity index (χ1n) is 10.5. The monoisotopic (exact) mass is 452 g/mol. The number of hydrogen-bond donors (Lipinski definition) is 1. The number of nitrogens with zero attached hydrogens (tertiary/aromatic N) is 3. The summed E-state index contributed by atoms with van der Waals surface area (Å²) in [5.41, 5.74) is 1.50. The van der Waals surface area contributed by atoms with Gasteiger partial charge in [0.15, 0.2) is 5.78 Å². The van der Waals surface area contributed by atoms with Gasteiger partial charge in [0.2, 0.25) is 5.95 Å². The molecule has 1 aliphatic heterocycles. The second-order valence-electron chi connectivity index (χ2n) is 7.84. The minimum Gasteiger partial charge on any atom is -0.497 e. The van der Waals surface area contributed by atoms with Crippen molar-refractivity contribution in [2.75, 3.05) is 23.9 Å². The molecule has 2 heterocycles. The number of ether oxygens (including phenoxy) is 1. The van der Waals surface area contributed by atoms with E-state index in [0.29, 0.717) is 22.7 Å². The van der Waals surface area contributed by atoms with E-state index in [9.17, 15) is 4.79 Å². The number of aromatic nitrogens is 2. The molecule has 2 aromatic carbocycles. The minimum absolute atomic E-state index is 0. The Hall–Kier alpha value is -3.81. The van der Waals surface area contributed by atoms with Gasteiger partial charge in [-0.2, -0.15) is 4.98 Å². The molecule has 0 radical (unpaired) electrons. The van der Waals surface area contributed by atoms with Gasteiger partial charge >= 0.3 is 0 Å². The summed E-state index contributed by atoms with van der Waals surface area (Å²) < 4.78 is 35.3. The summed E-state index contributed by atoms with van der Waals surface area (Å²) in [6.07, 6.45) is 4.30. The molecule has 0 fully saturated rings. The number of alkyl halides is 2. The Morgan fingerprint density at radius 1 is 1.27 bits per heavy atom. The molecule has 1 aliphatic rings. The van der Waals surface area contributed by atoms with E-state index in [2.05, 4.69) is 15.3 Å². The summed E-state index contributed by atoms with van der Waals surface area (Å²) in [6, 6.07) is 14.1. The van der Waals surface area contributed by atoms with Crippen LogP contribution in [0.5, 0.6) is 5.75 Å². The van der Waals surface area contributed by atoms with Gasteiger partial charge in [0.1, 0.15) is 11.6 Å². The first kappa shape index (κ1) is 22.4. The van der Waals surface area contributed by atoms with Crippen LogP contribution >= 0.6 is 0 Å². The van der Waals surface area contributed by atoms with Crippen molar-refractivity contribution in [3.63, 3.8) is 0 Å². The van der Waals surface area contributed by atoms with Gasteiger partial charge in [-0.15, -0.1) is 0 Å². The molecule has 1 atom stereocenters. The number of halogens is 2. The smallest absolute Gasteiger partial charge is 0.282 e. The van der Waals surface area contributed by atoms with Crippen LogP contribution in [-0.4, -0.2) is 29.4 Å². The maximum atomic E-state index is 15.0. The fourth-order valence-corrected chi connectivity index (χ4v) is 3.75. The molecule has 0 spiro atoms. The molecule has 0 saturated carbocycles. The molecule has 0 bridgehead atoms. The molecule has 1 aromatic heterocycles. The zero-order valence-electron chi connectivity index (χ0n) is 18.5. The molecule has 33 heavy (non-hydrogen) atoms. The summed E-state index contributed by atoms with van der Waals surface area (Å²) >= 11 is 0. The highest BCUT2D eigenvalue weighted by molar-refractivity contribution is 6.05. The standard InChI is InChI=1S/C25H24F2N4O2.H2/c1-4-7-22(32)17-8-5-10-19(12-17)31-15-16(2)25(26,27)21-14-28-24(30-23(21)31)29-18-9-6-11-20(13-18)33-3;/h4-14,16H,15H2,1-3H3,(H,28,29,30);1H/b7-4+;. The fraction of sp³-hybridized carbons (Fsp3) is 0.240. The van der Waals surface area contributed by atoms with Gasteiger partial charge in [0.05, 0.1) is 12.7 Å². The Labute approximate surface area is 192 Å². The van der Waals surface area contributed by atoms with Gasteiger partial charge in [-0.3, -0.25) is 4.79 Å². The van der Waals surface area contributed by atoms with E-state index in [1.54, 1.807) is 73.5 Å². The minimum atomic E-state index is -3.08. The molecule has 0 aliphatic carbocycles. The van der Waals surface area contributed by atoms with Crippen LogP contribution in [0, 0.1) is 5.92 Å². The molecule has 172 valence electrons. The highest BCUT2D eigenvalue weighted by Crippen LogP contribution is 2.47. The van der Waals surface area contributed by atoms with Gasteiger partial charge in [-0.25, -0.2) is 13.8 Å². The lowest BCUT2D eigenvalue weighted by Crippen LogP contribution is -2.41. The number of rotatable bonds is 6. The lowest BCUT2D eigenvalue weighted by Gasteiger charge is -2.38. The van der Waals surface area contributed by atoms with Crippen molar-refractivity contribution in [3.8, 4) is 5.75 Å². The molecule has 0 saturated heterocycles. The van der Waals surface area contributed by atoms with Crippen molar-refractivity contribution in [2.24, 2.45) is 5.92 Å². The van der Waals surface area contributed by atoms with Crippen molar-refractivity contribution >= 4 is 28.9 Å². The van der Waals surface area contributed by atoms with Gasteiger partial charge in [-0.05, 0) is 37.3 Å². The number of anilines is 4. The Morgan fingerprint density at radius 2 is 2.06 bits per heavy atom. The average molecular weight is 453 g/mol. The lowest BCUT2D eigenvalue weighted by molar-refractivity contribution is -0.0594. The predicted molar refractivity (Wildman–Crippen MR) is 126 cm³/mol. The molecular formula is C25H26F2N4O2. The van der Waals surface area contributed by atoms with Crippen LogP contribution in [0.4, 0.5) is 31.9 Å². The maximum Gasteiger partial charge on any atom is 0.282 e. The van der Waals surface area contributed by atoms with Crippen LogP contribution in [0.2, 0.25) is 0 Å². The summed E-state index contributed by atoms with van der Waals surface area (Å²) in [7, 11) is 1.56. The van der Waals surface area contributed by atoms with Crippen molar-refractivity contribution in [1.29, 1.82) is 0 Å². The highest BCUT2D eigenvalue weighted by Gasteiger charge is 2.47. The summed E-state index contributed by atoms with van der Waals surface area (Å²) in [4.78, 5) is 22.6. The third-order valence-corrected chi connectivity index (χ3v) is 5.55. The van der Waals surface area contributed by atoms with E-state index >= 15 is 8.78 Å². The van der Waals surface area contributed by atoms with E-state index in [4.69, 9.17) is 4.74 Å². The SMILES string of the molecule is C/C=C/C(=O)c1cccc(N2CC(C)C(F)(F)c3cnc(Nc4cccc(OC)c4)nc32)c1.[HH]. The highest BCUT2D eigenvalue weighted by atomic mass is 19.3. The Balaban J connectivity index is 0.00000324. The van der Waals surface area contributed by atoms with E-state index in [-0.39, 0.29) is 31.1 Å². The van der Waals surface area contributed by atoms with Crippen LogP contribution in [0.25, 0.3) is 0 Å². The molecule has 4 rings (SSSR count). The van der Waals surface area contributed by atoms with Crippen LogP contribution in [0.1, 0.15) is 31.2 Å². The second-order valence-corrected chi connectivity index (χ2v) is 7.84. The molecule has 8 heteroatoms. The number of nitrogens with one attached hydrogen (secondary N) is 1. The van der Waals surface area contributed by atoms with Crippen molar-refractivity contribution in [3.05, 3.63) is 78.0 Å². The van der Waals surface area contributed by atoms with Crippen LogP contribution < -0.4 is 15.0 Å². The van der Waals surface area contributed by atoms with Crippen LogP contribution in [0.15, 0.2) is 66.9 Å². The zero-order chi connectivity index (χ0) is 23.6. The maximum absolute atomic E-state index is 15.0. The summed E-state index contributed by atoms with van der Waals surface area (Å²) in [6.45, 7) is 3.30. The lowest BCUT2D eigenvalue weighted by atomic mass is 9.92. The largest absolute Gasteiger partial charge is 0.497 e. The van der Waals surface area contributed by atoms with E-state index in [0.717, 1.165) is 0 Å². The molecule has 6 nitrogen and oxygen atoms in total. The number of ketones is 1. The number of benzene rings is 2. The zero-order valence-corrected chi connectivity index (χ0v) is 18.5. The van der Waals surface area contributed by atoms with Crippen LogP contribution in [-0.2, 0) is 5.92 Å². The molecule has 3 aromatic rings. The number of carbonyl (C=O) groups excluding carboxylic acids is 1. The Bertz CT molecular complexity index is 1220. The number of hydrogen-bond acceptors (Lipinski definition) is 6. The summed E-state index contributed by atoms with van der Waals surface area (Å²) in [5.74, 6) is -3.28. The molecular weight excluding hydrogens is 426 g/mol. The third kappa shape index (κ3) is 4.41. The molecule has 0 amide bonds. The van der Waals surface area contributed by atoms with Gasteiger partial charge in [0.25, 0.3) is 5.92 Å². The Morgan fingerprint density at radius 3 is 2.82 bits per heavy atom. The normalized spacial score (nSPS) is 17.0.